The van der Waals surface area contributed by atoms with Crippen molar-refractivity contribution in [3.05, 3.63) is 48.0 Å². The first-order chi connectivity index (χ1) is 12.9. The van der Waals surface area contributed by atoms with E-state index in [-0.39, 0.29) is 0 Å². The summed E-state index contributed by atoms with van der Waals surface area (Å²) in [5.74, 6) is 0. The highest BCUT2D eigenvalue weighted by Gasteiger charge is 2.13. The van der Waals surface area contributed by atoms with Crippen LogP contribution in [-0.4, -0.2) is 44.0 Å². The number of nitrogens with two attached hydrogens (primary N) is 1. The molecule has 2 aromatic carbocycles. The standard InChI is InChI=1S/C22H29N3O/c1-2-25-21-7-4-3-6-19(21)20-16-18(8-9-22(20)25)17-23-10-5-11-24-12-14-26-15-13-24/h3-4,6-9,16,23H,2,5,10-15,17H2,1H3/p+2. The summed E-state index contributed by atoms with van der Waals surface area (Å²) in [5, 5.41) is 5.23. The monoisotopic (exact) mass is 353 g/mol. The normalized spacial score (nSPS) is 15.9. The molecule has 0 saturated carbocycles. The van der Waals surface area contributed by atoms with Gasteiger partial charge in [0, 0.05) is 40.3 Å². The summed E-state index contributed by atoms with van der Waals surface area (Å²) in [5.41, 5.74) is 4.13. The molecule has 2 heterocycles. The van der Waals surface area contributed by atoms with Crippen LogP contribution in [0.3, 0.4) is 0 Å². The number of nitrogens with one attached hydrogen (secondary N) is 1. The third-order valence-corrected chi connectivity index (χ3v) is 5.67. The fourth-order valence-electron chi connectivity index (χ4n) is 4.24. The van der Waals surface area contributed by atoms with Crippen LogP contribution in [-0.2, 0) is 17.8 Å². The lowest BCUT2D eigenvalue weighted by atomic mass is 10.1. The highest BCUT2D eigenvalue weighted by molar-refractivity contribution is 6.08. The number of para-hydroxylation sites is 1. The second kappa shape index (κ2) is 8.21. The summed E-state index contributed by atoms with van der Waals surface area (Å²) >= 11 is 0. The maximum absolute atomic E-state index is 5.43. The lowest BCUT2D eigenvalue weighted by Gasteiger charge is -2.23. The van der Waals surface area contributed by atoms with E-state index < -0.39 is 0 Å². The van der Waals surface area contributed by atoms with E-state index in [9.17, 15) is 0 Å². The third kappa shape index (κ3) is 3.63. The van der Waals surface area contributed by atoms with Crippen molar-refractivity contribution in [2.75, 3.05) is 39.4 Å². The first-order valence-corrected chi connectivity index (χ1v) is 10.1. The van der Waals surface area contributed by atoms with Crippen LogP contribution in [0.5, 0.6) is 0 Å². The van der Waals surface area contributed by atoms with Gasteiger partial charge in [-0.25, -0.2) is 0 Å². The van der Waals surface area contributed by atoms with Crippen LogP contribution in [0.4, 0.5) is 0 Å². The summed E-state index contributed by atoms with van der Waals surface area (Å²) in [6, 6.07) is 15.8. The Morgan fingerprint density at radius 3 is 2.69 bits per heavy atom. The molecule has 0 atom stereocenters. The lowest BCUT2D eigenvalue weighted by molar-refractivity contribution is -0.909. The Morgan fingerprint density at radius 2 is 1.85 bits per heavy atom. The van der Waals surface area contributed by atoms with Gasteiger partial charge in [-0.05, 0) is 25.1 Å². The zero-order chi connectivity index (χ0) is 17.8. The lowest BCUT2D eigenvalue weighted by Crippen LogP contribution is -3.14. The Bertz CT molecular complexity index is 864. The van der Waals surface area contributed by atoms with Crippen molar-refractivity contribution in [2.24, 2.45) is 0 Å². The van der Waals surface area contributed by atoms with Gasteiger partial charge in [0.05, 0.1) is 26.3 Å². The van der Waals surface area contributed by atoms with Crippen molar-refractivity contribution in [1.29, 1.82) is 0 Å². The fourth-order valence-corrected chi connectivity index (χ4v) is 4.24. The van der Waals surface area contributed by atoms with Crippen LogP contribution in [0.2, 0.25) is 0 Å². The molecular weight excluding hydrogens is 322 g/mol. The topological polar surface area (TPSA) is 35.2 Å². The quantitative estimate of drug-likeness (QED) is 0.615. The molecule has 1 fully saturated rings. The second-order valence-electron chi connectivity index (χ2n) is 7.36. The number of hydrogen-bond acceptors (Lipinski definition) is 1. The number of morpholine rings is 1. The Balaban J connectivity index is 1.39. The highest BCUT2D eigenvalue weighted by Crippen LogP contribution is 2.29. The van der Waals surface area contributed by atoms with Crippen molar-refractivity contribution in [1.82, 2.24) is 4.57 Å². The average Bonchev–Trinajstić information content (AvgIpc) is 3.01. The van der Waals surface area contributed by atoms with E-state index >= 15 is 0 Å². The van der Waals surface area contributed by atoms with Gasteiger partial charge in [0.25, 0.3) is 0 Å². The smallest absolute Gasteiger partial charge is 0.101 e. The van der Waals surface area contributed by atoms with Gasteiger partial charge in [0.2, 0.25) is 0 Å². The number of ether oxygens (including phenoxy) is 1. The Hall–Kier alpha value is -1.88. The van der Waals surface area contributed by atoms with E-state index in [1.165, 1.54) is 60.0 Å². The predicted octanol–water partition coefficient (Wildman–Crippen LogP) is 1.18. The summed E-state index contributed by atoms with van der Waals surface area (Å²) in [6.07, 6.45) is 1.28. The molecule has 0 spiro atoms. The molecule has 138 valence electrons. The fraction of sp³-hybridized carbons (Fsp3) is 0.455. The molecule has 1 aromatic heterocycles. The molecule has 0 aliphatic carbocycles. The predicted molar refractivity (Wildman–Crippen MR) is 107 cm³/mol. The van der Waals surface area contributed by atoms with E-state index in [0.717, 1.165) is 26.3 Å². The molecule has 4 rings (SSSR count). The molecule has 0 radical (unpaired) electrons. The number of quaternary nitrogens is 2. The molecule has 4 nitrogen and oxygen atoms in total. The van der Waals surface area contributed by atoms with E-state index in [1.54, 1.807) is 4.90 Å². The summed E-state index contributed by atoms with van der Waals surface area (Å²) < 4.78 is 7.85. The number of nitrogens with zero attached hydrogens (tertiary/aromatic N) is 1. The van der Waals surface area contributed by atoms with Gasteiger partial charge in [-0.15, -0.1) is 0 Å². The molecule has 0 bridgehead atoms. The van der Waals surface area contributed by atoms with Crippen molar-refractivity contribution in [2.45, 2.75) is 26.4 Å². The zero-order valence-electron chi connectivity index (χ0n) is 15.8. The third-order valence-electron chi connectivity index (χ3n) is 5.67. The minimum Gasteiger partial charge on any atom is -0.370 e. The van der Waals surface area contributed by atoms with Crippen LogP contribution in [0.15, 0.2) is 42.5 Å². The van der Waals surface area contributed by atoms with Crippen LogP contribution in [0, 0.1) is 0 Å². The first-order valence-electron chi connectivity index (χ1n) is 10.1. The minimum absolute atomic E-state index is 0.935. The van der Waals surface area contributed by atoms with E-state index in [2.05, 4.69) is 59.3 Å². The van der Waals surface area contributed by atoms with Crippen LogP contribution >= 0.6 is 0 Å². The number of aryl methyl sites for hydroxylation is 1. The number of hydrogen-bond donors (Lipinski definition) is 2. The van der Waals surface area contributed by atoms with Gasteiger partial charge in [-0.1, -0.05) is 24.3 Å². The maximum Gasteiger partial charge on any atom is 0.101 e. The van der Waals surface area contributed by atoms with Gasteiger partial charge in [0.15, 0.2) is 0 Å². The van der Waals surface area contributed by atoms with Gasteiger partial charge < -0.3 is 19.5 Å². The molecule has 0 amide bonds. The van der Waals surface area contributed by atoms with Crippen molar-refractivity contribution >= 4 is 21.8 Å². The molecule has 1 saturated heterocycles. The number of aromatic nitrogens is 1. The van der Waals surface area contributed by atoms with Crippen molar-refractivity contribution in [3.8, 4) is 0 Å². The molecule has 0 unspecified atom stereocenters. The molecule has 1 aliphatic heterocycles. The molecule has 3 N–H and O–H groups in total. The van der Waals surface area contributed by atoms with Crippen LogP contribution in [0.25, 0.3) is 21.8 Å². The average molecular weight is 354 g/mol. The molecular formula is C22H31N3O+2. The largest absolute Gasteiger partial charge is 0.370 e. The van der Waals surface area contributed by atoms with Crippen LogP contribution < -0.4 is 10.2 Å². The minimum atomic E-state index is 0.935. The van der Waals surface area contributed by atoms with E-state index in [1.807, 2.05) is 0 Å². The summed E-state index contributed by atoms with van der Waals surface area (Å²) in [6.45, 7) is 11.0. The Labute approximate surface area is 155 Å². The summed E-state index contributed by atoms with van der Waals surface area (Å²) in [4.78, 5) is 1.71. The number of fused-ring (bicyclic) bond motifs is 3. The first kappa shape index (κ1) is 17.5. The summed E-state index contributed by atoms with van der Waals surface area (Å²) in [7, 11) is 0. The van der Waals surface area contributed by atoms with Crippen molar-refractivity contribution < 1.29 is 15.0 Å². The zero-order valence-corrected chi connectivity index (χ0v) is 15.8. The number of rotatable bonds is 7. The van der Waals surface area contributed by atoms with Gasteiger partial charge >= 0.3 is 0 Å². The van der Waals surface area contributed by atoms with E-state index in [0.29, 0.717) is 0 Å². The Kier molecular flexibility index (Phi) is 5.54. The molecule has 4 heteroatoms. The Morgan fingerprint density at radius 1 is 1.04 bits per heavy atom. The SMILES string of the molecule is CCn1c2ccccc2c2cc(C[NH2+]CCC[NH+]3CCOCC3)ccc21. The second-order valence-corrected chi connectivity index (χ2v) is 7.36. The van der Waals surface area contributed by atoms with Gasteiger partial charge in [0.1, 0.15) is 19.6 Å². The van der Waals surface area contributed by atoms with E-state index in [4.69, 9.17) is 4.74 Å². The number of benzene rings is 2. The van der Waals surface area contributed by atoms with Gasteiger partial charge in [-0.2, -0.15) is 0 Å². The maximum atomic E-state index is 5.43. The van der Waals surface area contributed by atoms with Crippen molar-refractivity contribution in [3.63, 3.8) is 0 Å². The molecule has 3 aromatic rings. The highest BCUT2D eigenvalue weighted by atomic mass is 16.5. The molecule has 1 aliphatic rings. The van der Waals surface area contributed by atoms with Gasteiger partial charge in [-0.3, -0.25) is 0 Å². The van der Waals surface area contributed by atoms with Crippen LogP contribution in [0.1, 0.15) is 18.9 Å². The molecule has 26 heavy (non-hydrogen) atoms.